The first kappa shape index (κ1) is 13.2. The predicted molar refractivity (Wildman–Crippen MR) is 77.6 cm³/mol. The minimum atomic E-state index is 0.873. The number of methoxy groups -OCH3 is 1. The van der Waals surface area contributed by atoms with Crippen molar-refractivity contribution >= 4 is 33.5 Å². The third-order valence-electron chi connectivity index (χ3n) is 2.04. The van der Waals surface area contributed by atoms with Crippen LogP contribution < -0.4 is 4.74 Å². The minimum absolute atomic E-state index is 0.873. The van der Waals surface area contributed by atoms with Gasteiger partial charge in [0.1, 0.15) is 5.75 Å². The molecule has 3 heteroatoms. The zero-order valence-corrected chi connectivity index (χ0v) is 12.0. The van der Waals surface area contributed by atoms with Crippen LogP contribution in [0.25, 0.3) is 10.9 Å². The Kier molecular flexibility index (Phi) is 5.52. The van der Waals surface area contributed by atoms with Gasteiger partial charge in [-0.2, -0.15) is 0 Å². The summed E-state index contributed by atoms with van der Waals surface area (Å²) in [6.45, 7) is 4.10. The lowest BCUT2D eigenvalue weighted by Crippen LogP contribution is -1.85. The van der Waals surface area contributed by atoms with E-state index < -0.39 is 0 Å². The summed E-state index contributed by atoms with van der Waals surface area (Å²) < 4.78 is 6.34. The lowest BCUT2D eigenvalue weighted by molar-refractivity contribution is 0.415. The van der Waals surface area contributed by atoms with Gasteiger partial charge in [0.25, 0.3) is 0 Å². The largest absolute Gasteiger partial charge is 0.497 e. The Hall–Kier alpha value is -0.840. The maximum Gasteiger partial charge on any atom is 0.119 e. The first-order valence-corrected chi connectivity index (χ1v) is 6.71. The van der Waals surface area contributed by atoms with E-state index in [2.05, 4.69) is 40.6 Å². The highest BCUT2D eigenvalue weighted by molar-refractivity contribution is 14.1. The number of rotatable bonds is 1. The molecular weight excluding hydrogens is 313 g/mol. The number of alkyl halides is 1. The second-order valence-corrected chi connectivity index (χ2v) is 4.80. The number of aryl methyl sites for hydroxylation is 1. The average molecular weight is 329 g/mol. The molecule has 0 fully saturated rings. The van der Waals surface area contributed by atoms with Gasteiger partial charge in [-0.25, -0.2) is 0 Å². The molecule has 0 amide bonds. The molecular formula is C13H16INO. The van der Waals surface area contributed by atoms with Gasteiger partial charge in [0.2, 0.25) is 0 Å². The SMILES string of the molecule is CCI.COc1ccc2nc(C)ccc2c1. The van der Waals surface area contributed by atoms with Crippen molar-refractivity contribution in [2.24, 2.45) is 0 Å². The minimum Gasteiger partial charge on any atom is -0.497 e. The number of hydrogen-bond donors (Lipinski definition) is 0. The number of ether oxygens (including phenoxy) is 1. The van der Waals surface area contributed by atoms with Crippen LogP contribution in [-0.2, 0) is 0 Å². The summed E-state index contributed by atoms with van der Waals surface area (Å²) in [6.07, 6.45) is 0. The molecule has 0 saturated heterocycles. The predicted octanol–water partition coefficient (Wildman–Crippen LogP) is 3.99. The molecule has 0 unspecified atom stereocenters. The van der Waals surface area contributed by atoms with E-state index in [1.807, 2.05) is 31.2 Å². The summed E-state index contributed by atoms with van der Waals surface area (Å²) in [5.74, 6) is 0.873. The molecule has 1 aromatic heterocycles. The molecule has 0 spiro atoms. The Morgan fingerprint density at radius 3 is 2.56 bits per heavy atom. The molecule has 0 atom stereocenters. The molecule has 0 saturated carbocycles. The Bertz CT molecular complexity index is 457. The quantitative estimate of drug-likeness (QED) is 0.583. The van der Waals surface area contributed by atoms with Crippen molar-refractivity contribution in [3.63, 3.8) is 0 Å². The zero-order chi connectivity index (χ0) is 12.0. The molecule has 2 nitrogen and oxygen atoms in total. The third kappa shape index (κ3) is 3.63. The fourth-order valence-corrected chi connectivity index (χ4v) is 1.33. The Morgan fingerprint density at radius 1 is 1.25 bits per heavy atom. The first-order valence-electron chi connectivity index (χ1n) is 5.18. The number of aromatic nitrogens is 1. The molecule has 1 heterocycles. The van der Waals surface area contributed by atoms with Crippen molar-refractivity contribution in [3.8, 4) is 5.75 Å². The molecule has 2 rings (SSSR count). The average Bonchev–Trinajstić information content (AvgIpc) is 2.29. The van der Waals surface area contributed by atoms with Crippen molar-refractivity contribution < 1.29 is 4.74 Å². The van der Waals surface area contributed by atoms with Crippen LogP contribution in [0.1, 0.15) is 12.6 Å². The monoisotopic (exact) mass is 329 g/mol. The smallest absolute Gasteiger partial charge is 0.119 e. The van der Waals surface area contributed by atoms with Gasteiger partial charge in [-0.3, -0.25) is 4.98 Å². The molecule has 2 aromatic rings. The Morgan fingerprint density at radius 2 is 1.94 bits per heavy atom. The van der Waals surface area contributed by atoms with Gasteiger partial charge >= 0.3 is 0 Å². The van der Waals surface area contributed by atoms with E-state index in [0.29, 0.717) is 0 Å². The third-order valence-corrected chi connectivity index (χ3v) is 2.04. The van der Waals surface area contributed by atoms with E-state index in [1.165, 1.54) is 4.43 Å². The normalized spacial score (nSPS) is 9.50. The van der Waals surface area contributed by atoms with Crippen LogP contribution in [0.15, 0.2) is 30.3 Å². The fourth-order valence-electron chi connectivity index (χ4n) is 1.33. The van der Waals surface area contributed by atoms with Gasteiger partial charge in [-0.15, -0.1) is 0 Å². The summed E-state index contributed by atoms with van der Waals surface area (Å²) >= 11 is 2.29. The van der Waals surface area contributed by atoms with Gasteiger partial charge in [0, 0.05) is 11.1 Å². The summed E-state index contributed by atoms with van der Waals surface area (Å²) in [4.78, 5) is 4.40. The molecule has 0 N–H and O–H groups in total. The lowest BCUT2D eigenvalue weighted by atomic mass is 10.2. The number of halogens is 1. The van der Waals surface area contributed by atoms with E-state index in [0.717, 1.165) is 22.3 Å². The molecule has 0 radical (unpaired) electrons. The Balaban J connectivity index is 0.000000386. The molecule has 86 valence electrons. The van der Waals surface area contributed by atoms with Crippen LogP contribution in [0.2, 0.25) is 0 Å². The van der Waals surface area contributed by atoms with Gasteiger partial charge in [-0.1, -0.05) is 35.6 Å². The number of fused-ring (bicyclic) bond motifs is 1. The van der Waals surface area contributed by atoms with E-state index in [9.17, 15) is 0 Å². The van der Waals surface area contributed by atoms with Gasteiger partial charge < -0.3 is 4.74 Å². The van der Waals surface area contributed by atoms with E-state index >= 15 is 0 Å². The van der Waals surface area contributed by atoms with Crippen molar-refractivity contribution in [1.29, 1.82) is 0 Å². The second-order valence-electron chi connectivity index (χ2n) is 3.28. The van der Waals surface area contributed by atoms with Gasteiger partial charge in [0.15, 0.2) is 0 Å². The zero-order valence-electron chi connectivity index (χ0n) is 9.83. The summed E-state index contributed by atoms with van der Waals surface area (Å²) in [5, 5.41) is 1.12. The summed E-state index contributed by atoms with van der Waals surface area (Å²) in [7, 11) is 1.67. The molecule has 1 aromatic carbocycles. The van der Waals surface area contributed by atoms with Crippen LogP contribution in [0, 0.1) is 6.92 Å². The van der Waals surface area contributed by atoms with E-state index in [4.69, 9.17) is 4.74 Å². The van der Waals surface area contributed by atoms with E-state index in [-0.39, 0.29) is 0 Å². The van der Waals surface area contributed by atoms with E-state index in [1.54, 1.807) is 7.11 Å². The fraction of sp³-hybridized carbons (Fsp3) is 0.308. The maximum absolute atomic E-state index is 5.12. The van der Waals surface area contributed by atoms with Crippen molar-refractivity contribution in [3.05, 3.63) is 36.0 Å². The Labute approximate surface area is 110 Å². The van der Waals surface area contributed by atoms with Gasteiger partial charge in [-0.05, 0) is 35.6 Å². The summed E-state index contributed by atoms with van der Waals surface area (Å²) in [6, 6.07) is 9.94. The molecule has 16 heavy (non-hydrogen) atoms. The number of benzene rings is 1. The van der Waals surface area contributed by atoms with Crippen molar-refractivity contribution in [2.45, 2.75) is 13.8 Å². The van der Waals surface area contributed by atoms with Crippen LogP contribution in [0.3, 0.4) is 0 Å². The maximum atomic E-state index is 5.12. The van der Waals surface area contributed by atoms with Crippen molar-refractivity contribution in [1.82, 2.24) is 4.98 Å². The number of pyridine rings is 1. The van der Waals surface area contributed by atoms with Gasteiger partial charge in [0.05, 0.1) is 12.6 Å². The van der Waals surface area contributed by atoms with Crippen LogP contribution in [0.5, 0.6) is 5.75 Å². The standard InChI is InChI=1S/C11H11NO.C2H5I/c1-8-3-4-9-7-10(13-2)5-6-11(9)12-8;1-2-3/h3-7H,1-2H3;2H2,1H3. The molecule has 0 aliphatic rings. The topological polar surface area (TPSA) is 22.1 Å². The van der Waals surface area contributed by atoms with Crippen LogP contribution in [-0.4, -0.2) is 16.5 Å². The van der Waals surface area contributed by atoms with Crippen LogP contribution in [0.4, 0.5) is 0 Å². The number of hydrogen-bond acceptors (Lipinski definition) is 2. The molecule has 0 aliphatic heterocycles. The van der Waals surface area contributed by atoms with Crippen molar-refractivity contribution in [2.75, 3.05) is 11.5 Å². The molecule has 0 bridgehead atoms. The summed E-state index contributed by atoms with van der Waals surface area (Å²) in [5.41, 5.74) is 2.05. The molecule has 0 aliphatic carbocycles. The highest BCUT2D eigenvalue weighted by atomic mass is 127. The highest BCUT2D eigenvalue weighted by Crippen LogP contribution is 2.19. The lowest BCUT2D eigenvalue weighted by Gasteiger charge is -2.02. The highest BCUT2D eigenvalue weighted by Gasteiger charge is 1.96. The second kappa shape index (κ2) is 6.68. The van der Waals surface area contributed by atoms with Crippen LogP contribution >= 0.6 is 22.6 Å². The first-order chi connectivity index (χ1) is 7.71. The number of nitrogens with zero attached hydrogens (tertiary/aromatic N) is 1.